The van der Waals surface area contributed by atoms with Crippen molar-refractivity contribution in [3.8, 4) is 5.75 Å². The van der Waals surface area contributed by atoms with Crippen LogP contribution >= 0.6 is 0 Å². The lowest BCUT2D eigenvalue weighted by Crippen LogP contribution is -2.54. The second-order valence-electron chi connectivity index (χ2n) is 6.31. The summed E-state index contributed by atoms with van der Waals surface area (Å²) >= 11 is 0. The summed E-state index contributed by atoms with van der Waals surface area (Å²) < 4.78 is 5.21. The van der Waals surface area contributed by atoms with Crippen molar-refractivity contribution in [1.82, 2.24) is 15.6 Å². The minimum atomic E-state index is -0.890. The summed E-state index contributed by atoms with van der Waals surface area (Å²) in [6, 6.07) is 11.6. The van der Waals surface area contributed by atoms with Crippen LogP contribution in [0.15, 0.2) is 60.1 Å². The largest absolute Gasteiger partial charge is 0.512 e. The molecule has 1 aliphatic heterocycles. The third kappa shape index (κ3) is 5.66. The summed E-state index contributed by atoms with van der Waals surface area (Å²) in [4.78, 5) is 28.7. The van der Waals surface area contributed by atoms with Gasteiger partial charge in [0.2, 0.25) is 5.91 Å². The zero-order valence-corrected chi connectivity index (χ0v) is 15.5. The van der Waals surface area contributed by atoms with Crippen LogP contribution in [0, 0.1) is 0 Å². The average molecular weight is 395 g/mol. The van der Waals surface area contributed by atoms with Crippen molar-refractivity contribution in [3.63, 3.8) is 0 Å². The number of ether oxygens (including phenoxy) is 1. The van der Waals surface area contributed by atoms with Gasteiger partial charge in [0.25, 0.3) is 5.91 Å². The minimum Gasteiger partial charge on any atom is -0.512 e. The van der Waals surface area contributed by atoms with Crippen LogP contribution in [0.5, 0.6) is 5.75 Å². The molecule has 1 unspecified atom stereocenters. The maximum absolute atomic E-state index is 12.3. The maximum atomic E-state index is 12.3. The number of amides is 2. The van der Waals surface area contributed by atoms with Crippen LogP contribution in [-0.2, 0) is 9.59 Å². The van der Waals surface area contributed by atoms with Crippen molar-refractivity contribution >= 4 is 24.0 Å². The third-order valence-electron chi connectivity index (χ3n) is 4.08. The standard InChI is InChI=1S/C21H21N3O5/c25-8-9-29-17-7-6-15(22-13-17)11-16(26)12-19-21(28)23-18(20(27)24-19)10-14-4-2-1-3-5-14/h1-7,10-11,13,19,25-26H,8-9,12H2,(H,23,28)(H,24,27). The molecule has 0 spiro atoms. The molecule has 1 atom stereocenters. The predicted octanol–water partition coefficient (Wildman–Crippen LogP) is 1.40. The zero-order chi connectivity index (χ0) is 20.6. The highest BCUT2D eigenvalue weighted by Gasteiger charge is 2.30. The van der Waals surface area contributed by atoms with Gasteiger partial charge in [0.05, 0.1) is 24.3 Å². The quantitative estimate of drug-likeness (QED) is 0.415. The van der Waals surface area contributed by atoms with Gasteiger partial charge in [0.15, 0.2) is 0 Å². The molecule has 4 N–H and O–H groups in total. The van der Waals surface area contributed by atoms with Crippen LogP contribution in [0.3, 0.4) is 0 Å². The van der Waals surface area contributed by atoms with E-state index in [0.29, 0.717) is 11.4 Å². The molecule has 0 saturated carbocycles. The highest BCUT2D eigenvalue weighted by atomic mass is 16.5. The van der Waals surface area contributed by atoms with E-state index in [9.17, 15) is 14.7 Å². The average Bonchev–Trinajstić information content (AvgIpc) is 2.72. The second-order valence-corrected chi connectivity index (χ2v) is 6.31. The van der Waals surface area contributed by atoms with Crippen molar-refractivity contribution in [3.05, 3.63) is 71.4 Å². The number of hydrogen-bond donors (Lipinski definition) is 4. The van der Waals surface area contributed by atoms with Crippen LogP contribution in [0.25, 0.3) is 12.2 Å². The molecular formula is C21H21N3O5. The van der Waals surface area contributed by atoms with E-state index in [1.807, 2.05) is 30.3 Å². The number of aromatic nitrogens is 1. The number of rotatable bonds is 7. The summed E-state index contributed by atoms with van der Waals surface area (Å²) in [7, 11) is 0. The molecule has 29 heavy (non-hydrogen) atoms. The van der Waals surface area contributed by atoms with Gasteiger partial charge in [-0.25, -0.2) is 0 Å². The summed E-state index contributed by atoms with van der Waals surface area (Å²) in [5.74, 6) is -0.438. The first-order valence-electron chi connectivity index (χ1n) is 9.03. The van der Waals surface area contributed by atoms with E-state index >= 15 is 0 Å². The molecule has 0 bridgehead atoms. The van der Waals surface area contributed by atoms with E-state index in [-0.39, 0.29) is 31.1 Å². The predicted molar refractivity (Wildman–Crippen MR) is 107 cm³/mol. The first-order valence-corrected chi connectivity index (χ1v) is 9.03. The Hall–Kier alpha value is -3.65. The number of pyridine rings is 1. The van der Waals surface area contributed by atoms with Crippen molar-refractivity contribution in [2.75, 3.05) is 13.2 Å². The Labute approximate surface area is 167 Å². The summed E-state index contributed by atoms with van der Waals surface area (Å²) in [5.41, 5.74) is 1.41. The Bertz CT molecular complexity index is 923. The molecule has 1 aliphatic rings. The lowest BCUT2D eigenvalue weighted by Gasteiger charge is -2.24. The van der Waals surface area contributed by atoms with Gasteiger partial charge in [-0.3, -0.25) is 14.6 Å². The Balaban J connectivity index is 1.62. The highest BCUT2D eigenvalue weighted by molar-refractivity contribution is 6.07. The van der Waals surface area contributed by atoms with Crippen LogP contribution < -0.4 is 15.4 Å². The van der Waals surface area contributed by atoms with Crippen LogP contribution in [0.4, 0.5) is 0 Å². The number of benzene rings is 1. The number of hydrogen-bond acceptors (Lipinski definition) is 6. The smallest absolute Gasteiger partial charge is 0.268 e. The van der Waals surface area contributed by atoms with Gasteiger partial charge in [-0.2, -0.15) is 0 Å². The molecule has 1 fully saturated rings. The number of aliphatic hydroxyl groups excluding tert-OH is 2. The molecular weight excluding hydrogens is 374 g/mol. The monoisotopic (exact) mass is 395 g/mol. The highest BCUT2D eigenvalue weighted by Crippen LogP contribution is 2.15. The van der Waals surface area contributed by atoms with Crippen LogP contribution in [-0.4, -0.2) is 46.3 Å². The fourth-order valence-electron chi connectivity index (χ4n) is 2.70. The van der Waals surface area contributed by atoms with E-state index in [1.54, 1.807) is 18.2 Å². The molecule has 2 amide bonds. The Morgan fingerprint density at radius 2 is 1.97 bits per heavy atom. The van der Waals surface area contributed by atoms with E-state index in [0.717, 1.165) is 5.56 Å². The number of carbonyl (C=O) groups is 2. The number of piperazine rings is 1. The molecule has 2 aromatic rings. The molecule has 1 aromatic carbocycles. The molecule has 0 radical (unpaired) electrons. The zero-order valence-electron chi connectivity index (χ0n) is 15.5. The fraction of sp³-hybridized carbons (Fsp3) is 0.190. The molecule has 0 aliphatic carbocycles. The van der Waals surface area contributed by atoms with Crippen molar-refractivity contribution in [2.24, 2.45) is 0 Å². The van der Waals surface area contributed by atoms with Crippen molar-refractivity contribution < 1.29 is 24.5 Å². The SMILES string of the molecule is O=C1NC(CC(O)=Cc2ccc(OCCO)cn2)C(=O)NC1=Cc1ccccc1. The normalized spacial score (nSPS) is 18.3. The Morgan fingerprint density at radius 1 is 1.17 bits per heavy atom. The van der Waals surface area contributed by atoms with Gasteiger partial charge in [-0.05, 0) is 23.8 Å². The minimum absolute atomic E-state index is 0.0688. The number of carbonyl (C=O) groups excluding carboxylic acids is 2. The number of aliphatic hydroxyl groups is 2. The molecule has 1 saturated heterocycles. The molecule has 8 heteroatoms. The first-order chi connectivity index (χ1) is 14.0. The van der Waals surface area contributed by atoms with E-state index in [4.69, 9.17) is 9.84 Å². The lowest BCUT2D eigenvalue weighted by atomic mass is 10.1. The van der Waals surface area contributed by atoms with Gasteiger partial charge >= 0.3 is 0 Å². The van der Waals surface area contributed by atoms with Gasteiger partial charge < -0.3 is 25.6 Å². The summed E-state index contributed by atoms with van der Waals surface area (Å²) in [6.45, 7) is 0.0686. The second kappa shape index (κ2) is 9.52. The molecule has 150 valence electrons. The molecule has 2 heterocycles. The van der Waals surface area contributed by atoms with Crippen LogP contribution in [0.1, 0.15) is 17.7 Å². The maximum Gasteiger partial charge on any atom is 0.268 e. The van der Waals surface area contributed by atoms with Crippen molar-refractivity contribution in [2.45, 2.75) is 12.5 Å². The van der Waals surface area contributed by atoms with E-state index in [1.165, 1.54) is 12.3 Å². The van der Waals surface area contributed by atoms with Crippen molar-refractivity contribution in [1.29, 1.82) is 0 Å². The van der Waals surface area contributed by atoms with Gasteiger partial charge in [-0.15, -0.1) is 0 Å². The third-order valence-corrected chi connectivity index (χ3v) is 4.08. The molecule has 3 rings (SSSR count). The topological polar surface area (TPSA) is 121 Å². The lowest BCUT2D eigenvalue weighted by molar-refractivity contribution is -0.131. The summed E-state index contributed by atoms with van der Waals surface area (Å²) in [6.07, 6.45) is 4.39. The van der Waals surface area contributed by atoms with Gasteiger partial charge in [0.1, 0.15) is 24.1 Å². The number of nitrogens with zero attached hydrogens (tertiary/aromatic N) is 1. The van der Waals surface area contributed by atoms with Gasteiger partial charge in [-0.1, -0.05) is 30.3 Å². The summed E-state index contributed by atoms with van der Waals surface area (Å²) in [5, 5.41) is 24.1. The van der Waals surface area contributed by atoms with E-state index in [2.05, 4.69) is 15.6 Å². The van der Waals surface area contributed by atoms with E-state index < -0.39 is 17.9 Å². The Morgan fingerprint density at radius 3 is 2.66 bits per heavy atom. The van der Waals surface area contributed by atoms with Crippen LogP contribution in [0.2, 0.25) is 0 Å². The first kappa shape index (κ1) is 20.1. The molecule has 8 nitrogen and oxygen atoms in total. The molecule has 1 aromatic heterocycles. The Kier molecular flexibility index (Phi) is 6.59. The number of nitrogens with one attached hydrogen (secondary N) is 2. The van der Waals surface area contributed by atoms with Gasteiger partial charge in [0, 0.05) is 12.5 Å². The fourth-order valence-corrected chi connectivity index (χ4v) is 2.70.